The number of carbonyl (C=O) groups excluding carboxylic acids is 3. The lowest BCUT2D eigenvalue weighted by atomic mass is 9.95. The maximum atomic E-state index is 13.2. The van der Waals surface area contributed by atoms with Crippen LogP contribution in [0.1, 0.15) is 38.3 Å². The van der Waals surface area contributed by atoms with Crippen molar-refractivity contribution in [3.63, 3.8) is 0 Å². The van der Waals surface area contributed by atoms with Crippen LogP contribution >= 0.6 is 11.8 Å². The van der Waals surface area contributed by atoms with Crippen molar-refractivity contribution in [2.75, 3.05) is 6.54 Å². The number of nitrogens with one attached hydrogen (secondary N) is 3. The highest BCUT2D eigenvalue weighted by Crippen LogP contribution is 2.50. The fourth-order valence-electron chi connectivity index (χ4n) is 4.48. The van der Waals surface area contributed by atoms with Gasteiger partial charge in [0.2, 0.25) is 17.7 Å². The molecule has 1 aromatic carbocycles. The summed E-state index contributed by atoms with van der Waals surface area (Å²) >= 11 is 1.36. The van der Waals surface area contributed by atoms with Crippen LogP contribution in [0.2, 0.25) is 0 Å². The number of benzene rings is 1. The summed E-state index contributed by atoms with van der Waals surface area (Å²) in [5.41, 5.74) is 0.609. The first-order chi connectivity index (χ1) is 14.7. The van der Waals surface area contributed by atoms with Crippen molar-refractivity contribution in [3.8, 4) is 0 Å². The maximum Gasteiger partial charge on any atom is 0.327 e. The van der Waals surface area contributed by atoms with Crippen molar-refractivity contribution in [1.82, 2.24) is 20.9 Å². The highest BCUT2D eigenvalue weighted by Gasteiger charge is 2.64. The van der Waals surface area contributed by atoms with Crippen LogP contribution in [0.25, 0.3) is 0 Å². The number of β-lactam (4-membered cyclic amide) rings is 1. The third-order valence-electron chi connectivity index (χ3n) is 6.03. The van der Waals surface area contributed by atoms with E-state index in [0.29, 0.717) is 12.0 Å². The molecule has 9 nitrogen and oxygen atoms in total. The van der Waals surface area contributed by atoms with Gasteiger partial charge < -0.3 is 26.0 Å². The highest BCUT2D eigenvalue weighted by molar-refractivity contribution is 8.01. The van der Waals surface area contributed by atoms with E-state index in [1.165, 1.54) is 16.7 Å². The number of amides is 3. The van der Waals surface area contributed by atoms with Crippen LogP contribution in [0.3, 0.4) is 0 Å². The smallest absolute Gasteiger partial charge is 0.327 e. The summed E-state index contributed by atoms with van der Waals surface area (Å²) in [7, 11) is 0. The second kappa shape index (κ2) is 8.16. The van der Waals surface area contributed by atoms with E-state index in [-0.39, 0.29) is 11.9 Å². The number of carbonyl (C=O) groups is 4. The Morgan fingerprint density at radius 2 is 1.97 bits per heavy atom. The van der Waals surface area contributed by atoms with Gasteiger partial charge in [0.05, 0.1) is 6.04 Å². The van der Waals surface area contributed by atoms with Gasteiger partial charge in [0.25, 0.3) is 0 Å². The average Bonchev–Trinajstić information content (AvgIpc) is 3.35. The molecule has 1 aromatic rings. The minimum absolute atomic E-state index is 0.259. The van der Waals surface area contributed by atoms with Crippen LogP contribution in [0.15, 0.2) is 30.3 Å². The minimum Gasteiger partial charge on any atom is -0.480 e. The Morgan fingerprint density at radius 3 is 2.58 bits per heavy atom. The molecule has 166 valence electrons. The molecule has 0 bridgehead atoms. The lowest BCUT2D eigenvalue weighted by Gasteiger charge is -2.44. The molecule has 0 aliphatic carbocycles. The van der Waals surface area contributed by atoms with Gasteiger partial charge in [-0.25, -0.2) is 4.79 Å². The molecule has 4 rings (SSSR count). The van der Waals surface area contributed by atoms with E-state index in [1.54, 1.807) is 38.1 Å². The van der Waals surface area contributed by atoms with Gasteiger partial charge in [-0.05, 0) is 38.8 Å². The zero-order valence-corrected chi connectivity index (χ0v) is 18.1. The molecule has 0 spiro atoms. The molecule has 0 radical (unpaired) electrons. The number of nitrogens with zero attached hydrogens (tertiary/aromatic N) is 1. The van der Waals surface area contributed by atoms with Gasteiger partial charge in [-0.15, -0.1) is 11.8 Å². The molecule has 3 fully saturated rings. The standard InChI is InChI=1S/C21H26N4O5S/c1-21(2)15(20(29)30)25-18(28)14(19(25)31-21)24-17(27)13(11-7-4-3-5-8-11)23-16(26)12-9-6-10-22-12/h3-5,7-8,12-15,19,22H,6,9-10H2,1-2H3,(H,23,26)(H,24,27)(H,29,30)/t12-,13?,14-,15+,19-/m1/s1. The molecule has 3 saturated heterocycles. The van der Waals surface area contributed by atoms with E-state index < -0.39 is 46.0 Å². The third-order valence-corrected chi connectivity index (χ3v) is 7.60. The molecular formula is C21H26N4O5S. The largest absolute Gasteiger partial charge is 0.480 e. The van der Waals surface area contributed by atoms with E-state index in [2.05, 4.69) is 16.0 Å². The predicted molar refractivity (Wildman–Crippen MR) is 114 cm³/mol. The number of fused-ring (bicyclic) bond motifs is 1. The van der Waals surface area contributed by atoms with Crippen LogP contribution in [0.4, 0.5) is 0 Å². The van der Waals surface area contributed by atoms with Gasteiger partial charge in [-0.1, -0.05) is 30.3 Å². The Kier molecular flexibility index (Phi) is 5.69. The molecule has 3 aliphatic heterocycles. The van der Waals surface area contributed by atoms with Crippen molar-refractivity contribution < 1.29 is 24.3 Å². The molecule has 3 aliphatic rings. The number of thioether (sulfide) groups is 1. The van der Waals surface area contributed by atoms with Crippen molar-refractivity contribution >= 4 is 35.5 Å². The number of rotatable bonds is 6. The van der Waals surface area contributed by atoms with Crippen LogP contribution < -0.4 is 16.0 Å². The summed E-state index contributed by atoms with van der Waals surface area (Å²) in [6.07, 6.45) is 1.60. The van der Waals surface area contributed by atoms with Gasteiger partial charge in [0.15, 0.2) is 0 Å². The van der Waals surface area contributed by atoms with Crippen molar-refractivity contribution in [1.29, 1.82) is 0 Å². The van der Waals surface area contributed by atoms with Crippen molar-refractivity contribution in [2.45, 2.75) is 61.0 Å². The Balaban J connectivity index is 1.50. The van der Waals surface area contributed by atoms with Crippen LogP contribution in [0.5, 0.6) is 0 Å². The zero-order valence-electron chi connectivity index (χ0n) is 17.3. The van der Waals surface area contributed by atoms with E-state index >= 15 is 0 Å². The number of carboxylic acid groups (broad SMARTS) is 1. The Hall–Kier alpha value is -2.59. The number of carboxylic acids is 1. The van der Waals surface area contributed by atoms with Crippen LogP contribution in [-0.2, 0) is 19.2 Å². The molecule has 10 heteroatoms. The fourth-order valence-corrected chi connectivity index (χ4v) is 6.10. The molecule has 1 unspecified atom stereocenters. The number of aliphatic carboxylic acids is 1. The summed E-state index contributed by atoms with van der Waals surface area (Å²) in [6.45, 7) is 4.32. The van der Waals surface area contributed by atoms with Gasteiger partial charge in [-0.3, -0.25) is 14.4 Å². The van der Waals surface area contributed by atoms with Crippen molar-refractivity contribution in [2.24, 2.45) is 0 Å². The van der Waals surface area contributed by atoms with Gasteiger partial charge in [0, 0.05) is 4.75 Å². The lowest BCUT2D eigenvalue weighted by Crippen LogP contribution is -2.71. The van der Waals surface area contributed by atoms with Gasteiger partial charge >= 0.3 is 5.97 Å². The molecule has 5 atom stereocenters. The summed E-state index contributed by atoms with van der Waals surface area (Å²) in [5, 5.41) is 17.8. The molecule has 31 heavy (non-hydrogen) atoms. The van der Waals surface area contributed by atoms with E-state index in [4.69, 9.17) is 0 Å². The fraction of sp³-hybridized carbons (Fsp3) is 0.524. The summed E-state index contributed by atoms with van der Waals surface area (Å²) in [4.78, 5) is 51.5. The molecular weight excluding hydrogens is 420 g/mol. The lowest BCUT2D eigenvalue weighted by molar-refractivity contribution is -0.161. The van der Waals surface area contributed by atoms with Gasteiger partial charge in [-0.2, -0.15) is 0 Å². The molecule has 3 amide bonds. The minimum atomic E-state index is -1.06. The zero-order chi connectivity index (χ0) is 22.3. The summed E-state index contributed by atoms with van der Waals surface area (Å²) in [5.74, 6) is -2.23. The summed E-state index contributed by atoms with van der Waals surface area (Å²) in [6, 6.07) is 5.79. The van der Waals surface area contributed by atoms with Gasteiger partial charge in [0.1, 0.15) is 23.5 Å². The average molecular weight is 447 g/mol. The van der Waals surface area contributed by atoms with E-state index in [1.807, 2.05) is 6.07 Å². The second-order valence-electron chi connectivity index (χ2n) is 8.59. The second-order valence-corrected chi connectivity index (χ2v) is 10.4. The van der Waals surface area contributed by atoms with Crippen LogP contribution in [0, 0.1) is 0 Å². The van der Waals surface area contributed by atoms with E-state index in [9.17, 15) is 24.3 Å². The predicted octanol–water partition coefficient (Wildman–Crippen LogP) is 0.228. The maximum absolute atomic E-state index is 13.2. The quantitative estimate of drug-likeness (QED) is 0.461. The normalized spacial score (nSPS) is 29.6. The molecule has 0 aromatic heterocycles. The Morgan fingerprint density at radius 1 is 1.26 bits per heavy atom. The summed E-state index contributed by atoms with van der Waals surface area (Å²) < 4.78 is -0.674. The Labute approximate surface area is 184 Å². The first kappa shape index (κ1) is 21.6. The van der Waals surface area contributed by atoms with Crippen LogP contribution in [-0.4, -0.2) is 68.5 Å². The molecule has 3 heterocycles. The molecule has 4 N–H and O–H groups in total. The van der Waals surface area contributed by atoms with Crippen molar-refractivity contribution in [3.05, 3.63) is 35.9 Å². The topological polar surface area (TPSA) is 128 Å². The van der Waals surface area contributed by atoms with E-state index in [0.717, 1.165) is 13.0 Å². The highest BCUT2D eigenvalue weighted by atomic mass is 32.2. The first-order valence-electron chi connectivity index (χ1n) is 10.3. The monoisotopic (exact) mass is 446 g/mol. The molecule has 0 saturated carbocycles. The SMILES string of the molecule is CC1(C)S[C@@H]2[C@H](NC(=O)C(NC(=O)[C@H]3CCCN3)c3ccccc3)C(=O)N2[C@H]1C(=O)O. The Bertz CT molecular complexity index is 902. The third kappa shape index (κ3) is 3.89. The first-order valence-corrected chi connectivity index (χ1v) is 11.2. The number of hydrogen-bond donors (Lipinski definition) is 4. The number of hydrogen-bond acceptors (Lipinski definition) is 6.